The van der Waals surface area contributed by atoms with Crippen LogP contribution in [0.3, 0.4) is 0 Å². The van der Waals surface area contributed by atoms with Crippen molar-refractivity contribution in [2.75, 3.05) is 38.8 Å². The molecule has 0 radical (unpaired) electrons. The molecule has 2 saturated heterocycles. The van der Waals surface area contributed by atoms with Crippen LogP contribution in [0.15, 0.2) is 10.6 Å². The highest BCUT2D eigenvalue weighted by molar-refractivity contribution is 5.76. The van der Waals surface area contributed by atoms with Gasteiger partial charge in [0, 0.05) is 50.3 Å². The number of rotatable bonds is 8. The minimum Gasteiger partial charge on any atom is -0.381 e. The van der Waals surface area contributed by atoms with E-state index in [0.717, 1.165) is 57.6 Å². The second kappa shape index (κ2) is 13.2. The number of amides is 2. The van der Waals surface area contributed by atoms with E-state index in [1.54, 1.807) is 6.07 Å². The molecule has 0 saturated carbocycles. The number of hydrogen-bond acceptors (Lipinski definition) is 7. The van der Waals surface area contributed by atoms with Gasteiger partial charge in [0.1, 0.15) is 0 Å². The highest BCUT2D eigenvalue weighted by Gasteiger charge is 2.28. The summed E-state index contributed by atoms with van der Waals surface area (Å²) >= 11 is 0. The number of carbonyl (C=O) groups is 2. The third-order valence-electron chi connectivity index (χ3n) is 6.36. The van der Waals surface area contributed by atoms with E-state index in [-0.39, 0.29) is 23.2 Å². The fourth-order valence-corrected chi connectivity index (χ4v) is 3.65. The van der Waals surface area contributed by atoms with Gasteiger partial charge in [0.2, 0.25) is 18.2 Å². The molecule has 194 valence electrons. The van der Waals surface area contributed by atoms with Crippen LogP contribution in [0.25, 0.3) is 0 Å². The zero-order valence-corrected chi connectivity index (χ0v) is 21.7. The topological polar surface area (TPSA) is 103 Å². The van der Waals surface area contributed by atoms with E-state index in [1.807, 2.05) is 25.8 Å². The van der Waals surface area contributed by atoms with Gasteiger partial charge in [-0.1, -0.05) is 19.0 Å². The first-order chi connectivity index (χ1) is 16.0. The predicted octanol–water partition coefficient (Wildman–Crippen LogP) is 4.12. The molecule has 1 aromatic heterocycles. The van der Waals surface area contributed by atoms with E-state index >= 15 is 0 Å². The van der Waals surface area contributed by atoms with Crippen molar-refractivity contribution < 1.29 is 28.3 Å². The lowest BCUT2D eigenvalue weighted by molar-refractivity contribution is -0.170. The number of anilines is 1. The molecule has 9 nitrogen and oxygen atoms in total. The Balaban J connectivity index is 0.000000248. The summed E-state index contributed by atoms with van der Waals surface area (Å²) in [6.07, 6.45) is 6.36. The van der Waals surface area contributed by atoms with E-state index in [4.69, 9.17) is 18.7 Å². The second-order valence-corrected chi connectivity index (χ2v) is 10.7. The first-order valence-corrected chi connectivity index (χ1v) is 12.3. The van der Waals surface area contributed by atoms with E-state index in [0.29, 0.717) is 31.2 Å². The molecule has 1 N–H and O–H groups in total. The number of carbonyl (C=O) groups excluding carboxylic acids is 2. The van der Waals surface area contributed by atoms with E-state index < -0.39 is 0 Å². The van der Waals surface area contributed by atoms with Gasteiger partial charge in [-0.3, -0.25) is 14.9 Å². The van der Waals surface area contributed by atoms with Crippen LogP contribution < -0.4 is 5.32 Å². The smallest absolute Gasteiger partial charge is 0.231 e. The molecular weight excluding hydrogens is 438 g/mol. The Bertz CT molecular complexity index is 746. The highest BCUT2D eigenvalue weighted by atomic mass is 16.7. The van der Waals surface area contributed by atoms with Crippen molar-refractivity contribution in [3.05, 3.63) is 11.8 Å². The maximum atomic E-state index is 11.9. The maximum Gasteiger partial charge on any atom is 0.231 e. The number of nitrogens with one attached hydrogen (secondary N) is 1. The van der Waals surface area contributed by atoms with Gasteiger partial charge in [0.05, 0.1) is 12.3 Å². The van der Waals surface area contributed by atoms with Gasteiger partial charge in [0.15, 0.2) is 6.29 Å². The van der Waals surface area contributed by atoms with Crippen LogP contribution in [0, 0.1) is 5.92 Å². The average molecular weight is 482 g/mol. The van der Waals surface area contributed by atoms with Gasteiger partial charge >= 0.3 is 0 Å². The number of hydrogen-bond donors (Lipinski definition) is 1. The summed E-state index contributed by atoms with van der Waals surface area (Å²) in [5.41, 5.74) is 0.378. The summed E-state index contributed by atoms with van der Waals surface area (Å²) in [7, 11) is 1.89. The van der Waals surface area contributed by atoms with E-state index in [1.165, 1.54) is 0 Å². The van der Waals surface area contributed by atoms with E-state index in [9.17, 15) is 9.59 Å². The standard InChI is InChI=1S/C13H20N2O4.C12H23NO2/c1-13(2,8-18-12-5-3-4-6-17-12)10-7-11(14-9-16)19-15-10;1-12(2,3)13(4)11(14)9-10-5-7-15-8-6-10/h7,9,12H,3-6,8H2,1-2H3,(H,14,16);10H,5-9H2,1-4H3. The monoisotopic (exact) mass is 481 g/mol. The second-order valence-electron chi connectivity index (χ2n) is 10.7. The molecule has 2 aliphatic rings. The van der Waals surface area contributed by atoms with Gasteiger partial charge in [-0.05, 0) is 58.8 Å². The summed E-state index contributed by atoms with van der Waals surface area (Å²) < 4.78 is 21.6. The highest BCUT2D eigenvalue weighted by Crippen LogP contribution is 2.26. The van der Waals surface area contributed by atoms with Crippen LogP contribution in [0.1, 0.15) is 78.8 Å². The normalized spacial score (nSPS) is 19.6. The van der Waals surface area contributed by atoms with Crippen molar-refractivity contribution in [3.8, 4) is 0 Å². The summed E-state index contributed by atoms with van der Waals surface area (Å²) in [6.45, 7) is 13.1. The summed E-state index contributed by atoms with van der Waals surface area (Å²) in [6, 6.07) is 1.71. The fraction of sp³-hybridized carbons (Fsp3) is 0.800. The molecule has 34 heavy (non-hydrogen) atoms. The van der Waals surface area contributed by atoms with Crippen molar-refractivity contribution in [1.82, 2.24) is 10.1 Å². The number of ether oxygens (including phenoxy) is 3. The third kappa shape index (κ3) is 9.35. The minimum absolute atomic E-state index is 0.0672. The van der Waals surface area contributed by atoms with Crippen molar-refractivity contribution >= 4 is 18.2 Å². The van der Waals surface area contributed by atoms with Crippen molar-refractivity contribution in [2.45, 2.75) is 90.4 Å². The molecule has 3 rings (SSSR count). The Kier molecular flexibility index (Phi) is 11.0. The van der Waals surface area contributed by atoms with Crippen molar-refractivity contribution in [1.29, 1.82) is 0 Å². The zero-order chi connectivity index (χ0) is 25.2. The maximum absolute atomic E-state index is 11.9. The number of aromatic nitrogens is 1. The van der Waals surface area contributed by atoms with Crippen LogP contribution in [0.2, 0.25) is 0 Å². The molecule has 0 aliphatic carbocycles. The molecule has 9 heteroatoms. The Morgan fingerprint density at radius 3 is 2.47 bits per heavy atom. The Hall–Kier alpha value is -1.97. The SMILES string of the molecule is CC(C)(COC1CCCCO1)c1cc(NC=O)on1.CN(C(=O)CC1CCOCC1)C(C)(C)C. The molecule has 0 spiro atoms. The summed E-state index contributed by atoms with van der Waals surface area (Å²) in [4.78, 5) is 24.1. The average Bonchev–Trinajstić information content (AvgIpc) is 3.28. The first-order valence-electron chi connectivity index (χ1n) is 12.3. The van der Waals surface area contributed by atoms with Gasteiger partial charge in [-0.15, -0.1) is 0 Å². The number of nitrogens with zero attached hydrogens (tertiary/aromatic N) is 2. The molecule has 1 unspecified atom stereocenters. The fourth-order valence-electron chi connectivity index (χ4n) is 3.65. The zero-order valence-electron chi connectivity index (χ0n) is 21.7. The van der Waals surface area contributed by atoms with Crippen LogP contribution >= 0.6 is 0 Å². The first kappa shape index (κ1) is 28.3. The minimum atomic E-state index is -0.298. The van der Waals surface area contributed by atoms with Gasteiger partial charge in [0.25, 0.3) is 0 Å². The summed E-state index contributed by atoms with van der Waals surface area (Å²) in [5, 5.41) is 6.38. The molecule has 3 heterocycles. The van der Waals surface area contributed by atoms with Crippen LogP contribution in [-0.4, -0.2) is 67.7 Å². The lowest BCUT2D eigenvalue weighted by atomic mass is 9.90. The molecule has 0 aromatic carbocycles. The quantitative estimate of drug-likeness (QED) is 0.557. The molecule has 2 amide bonds. The molecule has 2 aliphatic heterocycles. The molecule has 1 aromatic rings. The van der Waals surface area contributed by atoms with E-state index in [2.05, 4.69) is 31.2 Å². The third-order valence-corrected chi connectivity index (χ3v) is 6.36. The Morgan fingerprint density at radius 2 is 1.88 bits per heavy atom. The molecule has 0 bridgehead atoms. The van der Waals surface area contributed by atoms with Crippen LogP contribution in [0.5, 0.6) is 0 Å². The Morgan fingerprint density at radius 1 is 1.18 bits per heavy atom. The molecular formula is C25H43N3O6. The molecule has 2 fully saturated rings. The van der Waals surface area contributed by atoms with Crippen molar-refractivity contribution in [2.24, 2.45) is 5.92 Å². The molecule has 1 atom stereocenters. The predicted molar refractivity (Wildman–Crippen MR) is 129 cm³/mol. The van der Waals surface area contributed by atoms with Crippen LogP contribution in [0.4, 0.5) is 5.88 Å². The van der Waals surface area contributed by atoms with Gasteiger partial charge in [-0.25, -0.2) is 0 Å². The largest absolute Gasteiger partial charge is 0.381 e. The van der Waals surface area contributed by atoms with Crippen LogP contribution in [-0.2, 0) is 29.2 Å². The lowest BCUT2D eigenvalue weighted by Gasteiger charge is -2.33. The van der Waals surface area contributed by atoms with Crippen molar-refractivity contribution in [3.63, 3.8) is 0 Å². The lowest BCUT2D eigenvalue weighted by Crippen LogP contribution is -2.43. The summed E-state index contributed by atoms with van der Waals surface area (Å²) in [5.74, 6) is 1.12. The van der Waals surface area contributed by atoms with Gasteiger partial charge in [-0.2, -0.15) is 0 Å². The Labute approximate surface area is 203 Å². The van der Waals surface area contributed by atoms with Gasteiger partial charge < -0.3 is 23.6 Å².